The Kier molecular flexibility index (Phi) is 8.43. The SMILES string of the molecule is COc1cc(C(=O)NCCn2ncc3c(NC(C)C)nc(SC(C)C)nc32)cc(OC)c1OC. The number of carbonyl (C=O) groups excluding carboxylic acids is 1. The summed E-state index contributed by atoms with van der Waals surface area (Å²) in [5.74, 6) is 1.77. The second kappa shape index (κ2) is 11.3. The van der Waals surface area contributed by atoms with Gasteiger partial charge in [-0.3, -0.25) is 4.79 Å². The Morgan fingerprint density at radius 3 is 2.29 bits per heavy atom. The molecule has 2 aromatic heterocycles. The van der Waals surface area contributed by atoms with Crippen molar-refractivity contribution in [2.75, 3.05) is 33.2 Å². The third-order valence-corrected chi connectivity index (χ3v) is 5.64. The first-order valence-electron chi connectivity index (χ1n) is 11.0. The van der Waals surface area contributed by atoms with E-state index in [9.17, 15) is 4.79 Å². The number of ether oxygens (including phenoxy) is 3. The summed E-state index contributed by atoms with van der Waals surface area (Å²) in [6.45, 7) is 9.13. The molecule has 2 heterocycles. The topological polar surface area (TPSA) is 112 Å². The van der Waals surface area contributed by atoms with E-state index in [4.69, 9.17) is 19.2 Å². The second-order valence-electron chi connectivity index (χ2n) is 8.10. The number of anilines is 1. The summed E-state index contributed by atoms with van der Waals surface area (Å²) in [4.78, 5) is 22.2. The molecule has 2 N–H and O–H groups in total. The van der Waals surface area contributed by atoms with E-state index in [1.807, 2.05) is 0 Å². The van der Waals surface area contributed by atoms with Crippen LogP contribution in [0.2, 0.25) is 0 Å². The van der Waals surface area contributed by atoms with Crippen LogP contribution in [0.5, 0.6) is 17.2 Å². The molecule has 0 saturated heterocycles. The van der Waals surface area contributed by atoms with Gasteiger partial charge in [0.2, 0.25) is 5.75 Å². The van der Waals surface area contributed by atoms with E-state index < -0.39 is 0 Å². The predicted octanol–water partition coefficient (Wildman–Crippen LogP) is 3.60. The Balaban J connectivity index is 1.78. The molecule has 0 unspecified atom stereocenters. The first-order chi connectivity index (χ1) is 16.3. The first-order valence-corrected chi connectivity index (χ1v) is 11.9. The second-order valence-corrected chi connectivity index (χ2v) is 9.64. The van der Waals surface area contributed by atoms with Gasteiger partial charge in [0.25, 0.3) is 5.91 Å². The molecule has 0 aliphatic carbocycles. The van der Waals surface area contributed by atoms with E-state index in [0.29, 0.717) is 46.3 Å². The Morgan fingerprint density at radius 1 is 1.06 bits per heavy atom. The van der Waals surface area contributed by atoms with Crippen LogP contribution >= 0.6 is 11.8 Å². The van der Waals surface area contributed by atoms with Crippen LogP contribution in [0.25, 0.3) is 11.0 Å². The van der Waals surface area contributed by atoms with Crippen LogP contribution in [-0.2, 0) is 6.54 Å². The Bertz CT molecular complexity index is 1120. The van der Waals surface area contributed by atoms with Gasteiger partial charge in [-0.15, -0.1) is 0 Å². The molecule has 0 fully saturated rings. The van der Waals surface area contributed by atoms with Gasteiger partial charge in [-0.2, -0.15) is 5.10 Å². The first kappa shape index (κ1) is 25.4. The number of carbonyl (C=O) groups is 1. The number of aromatic nitrogens is 4. The normalized spacial score (nSPS) is 11.2. The van der Waals surface area contributed by atoms with E-state index in [0.717, 1.165) is 16.9 Å². The Morgan fingerprint density at radius 2 is 1.74 bits per heavy atom. The van der Waals surface area contributed by atoms with Gasteiger partial charge in [0.15, 0.2) is 22.3 Å². The van der Waals surface area contributed by atoms with Crippen molar-refractivity contribution in [1.82, 2.24) is 25.1 Å². The van der Waals surface area contributed by atoms with Gasteiger partial charge in [-0.1, -0.05) is 25.6 Å². The minimum absolute atomic E-state index is 0.219. The molecule has 0 saturated carbocycles. The number of hydrogen-bond donors (Lipinski definition) is 2. The van der Waals surface area contributed by atoms with Crippen molar-refractivity contribution < 1.29 is 19.0 Å². The van der Waals surface area contributed by atoms with Crippen molar-refractivity contribution >= 4 is 34.5 Å². The monoisotopic (exact) mass is 488 g/mol. The number of amides is 1. The third-order valence-electron chi connectivity index (χ3n) is 4.78. The third kappa shape index (κ3) is 5.82. The highest BCUT2D eigenvalue weighted by Crippen LogP contribution is 2.38. The lowest BCUT2D eigenvalue weighted by molar-refractivity contribution is 0.0951. The number of rotatable bonds is 11. The average Bonchev–Trinajstić information content (AvgIpc) is 3.20. The van der Waals surface area contributed by atoms with Crippen LogP contribution in [0.4, 0.5) is 5.82 Å². The molecule has 0 aliphatic rings. The van der Waals surface area contributed by atoms with Gasteiger partial charge in [0, 0.05) is 23.4 Å². The summed E-state index contributed by atoms with van der Waals surface area (Å²) in [6, 6.07) is 3.45. The standard InChI is InChI=1S/C23H32N6O4S/c1-13(2)26-20-16-12-25-29(21(16)28-23(27-20)34-14(3)4)9-8-24-22(30)15-10-17(31-5)19(33-7)18(11-15)32-6/h10-14H,8-9H2,1-7H3,(H,24,30)(H,26,27,28). The molecular weight excluding hydrogens is 456 g/mol. The summed E-state index contributed by atoms with van der Waals surface area (Å²) >= 11 is 1.60. The van der Waals surface area contributed by atoms with Gasteiger partial charge in [0.05, 0.1) is 39.5 Å². The van der Waals surface area contributed by atoms with E-state index >= 15 is 0 Å². The van der Waals surface area contributed by atoms with Crippen molar-refractivity contribution in [2.24, 2.45) is 0 Å². The lowest BCUT2D eigenvalue weighted by atomic mass is 10.1. The van der Waals surface area contributed by atoms with Crippen LogP contribution in [0.3, 0.4) is 0 Å². The summed E-state index contributed by atoms with van der Waals surface area (Å²) in [6.07, 6.45) is 1.75. The van der Waals surface area contributed by atoms with Crippen LogP contribution in [0.1, 0.15) is 38.1 Å². The van der Waals surface area contributed by atoms with E-state index in [-0.39, 0.29) is 11.9 Å². The molecule has 0 aliphatic heterocycles. The predicted molar refractivity (Wildman–Crippen MR) is 134 cm³/mol. The fourth-order valence-electron chi connectivity index (χ4n) is 3.34. The van der Waals surface area contributed by atoms with Crippen molar-refractivity contribution in [1.29, 1.82) is 0 Å². The fourth-order valence-corrected chi connectivity index (χ4v) is 4.04. The highest BCUT2D eigenvalue weighted by molar-refractivity contribution is 7.99. The molecule has 1 aromatic carbocycles. The summed E-state index contributed by atoms with van der Waals surface area (Å²) in [5, 5.41) is 12.7. The number of thioether (sulfide) groups is 1. The number of hydrogen-bond acceptors (Lipinski definition) is 9. The van der Waals surface area contributed by atoms with Crippen LogP contribution < -0.4 is 24.8 Å². The quantitative estimate of drug-likeness (QED) is 0.309. The van der Waals surface area contributed by atoms with Gasteiger partial charge < -0.3 is 24.8 Å². The van der Waals surface area contributed by atoms with E-state index in [1.54, 1.807) is 34.8 Å². The van der Waals surface area contributed by atoms with Crippen LogP contribution in [0.15, 0.2) is 23.5 Å². The lowest BCUT2D eigenvalue weighted by Crippen LogP contribution is -2.27. The zero-order valence-electron chi connectivity index (χ0n) is 20.6. The van der Waals surface area contributed by atoms with Gasteiger partial charge in [-0.05, 0) is 26.0 Å². The number of nitrogens with one attached hydrogen (secondary N) is 2. The zero-order chi connectivity index (χ0) is 24.8. The Labute approximate surface area is 203 Å². The molecule has 1 amide bonds. The highest BCUT2D eigenvalue weighted by atomic mass is 32.2. The van der Waals surface area contributed by atoms with Gasteiger partial charge in [0.1, 0.15) is 5.82 Å². The van der Waals surface area contributed by atoms with Crippen molar-refractivity contribution in [3.05, 3.63) is 23.9 Å². The molecule has 11 heteroatoms. The van der Waals surface area contributed by atoms with Crippen molar-refractivity contribution in [3.63, 3.8) is 0 Å². The van der Waals surface area contributed by atoms with E-state index in [2.05, 4.69) is 48.4 Å². The molecule has 184 valence electrons. The maximum atomic E-state index is 12.8. The van der Waals surface area contributed by atoms with Crippen LogP contribution in [-0.4, -0.2) is 64.8 Å². The largest absolute Gasteiger partial charge is 0.493 e. The maximum Gasteiger partial charge on any atom is 0.251 e. The van der Waals surface area contributed by atoms with Gasteiger partial charge in [-0.25, -0.2) is 14.6 Å². The lowest BCUT2D eigenvalue weighted by Gasteiger charge is -2.14. The molecule has 0 atom stereocenters. The smallest absolute Gasteiger partial charge is 0.251 e. The molecule has 3 aromatic rings. The molecular formula is C23H32N6O4S. The summed E-state index contributed by atoms with van der Waals surface area (Å²) in [5.41, 5.74) is 1.13. The number of benzene rings is 1. The molecule has 10 nitrogen and oxygen atoms in total. The highest BCUT2D eigenvalue weighted by Gasteiger charge is 2.18. The minimum atomic E-state index is -0.261. The molecule has 3 rings (SSSR count). The zero-order valence-corrected chi connectivity index (χ0v) is 21.4. The van der Waals surface area contributed by atoms with Crippen molar-refractivity contribution in [3.8, 4) is 17.2 Å². The van der Waals surface area contributed by atoms with Crippen molar-refractivity contribution in [2.45, 2.75) is 50.7 Å². The number of nitrogens with zero attached hydrogens (tertiary/aromatic N) is 4. The minimum Gasteiger partial charge on any atom is -0.493 e. The Hall–Kier alpha value is -3.21. The van der Waals surface area contributed by atoms with E-state index in [1.165, 1.54) is 21.3 Å². The molecule has 0 bridgehead atoms. The maximum absolute atomic E-state index is 12.8. The summed E-state index contributed by atoms with van der Waals surface area (Å²) in [7, 11) is 4.54. The fraction of sp³-hybridized carbons (Fsp3) is 0.478. The number of fused-ring (bicyclic) bond motifs is 1. The summed E-state index contributed by atoms with van der Waals surface area (Å²) < 4.78 is 17.8. The molecule has 0 radical (unpaired) electrons. The average molecular weight is 489 g/mol. The molecule has 34 heavy (non-hydrogen) atoms. The number of methoxy groups -OCH3 is 3. The van der Waals surface area contributed by atoms with Crippen LogP contribution in [0, 0.1) is 0 Å². The van der Waals surface area contributed by atoms with Gasteiger partial charge >= 0.3 is 0 Å². The molecule has 0 spiro atoms.